The molecule has 1 amide bonds. The molecule has 2 heterocycles. The molecule has 1 N–H and O–H groups in total. The Hall–Kier alpha value is -2.49. The molecule has 2 aromatic rings. The normalized spacial score (nSPS) is 11.1. The number of nitrogens with one attached hydrogen (secondary N) is 1. The van der Waals surface area contributed by atoms with Gasteiger partial charge in [-0.3, -0.25) is 15.1 Å². The zero-order valence-electron chi connectivity index (χ0n) is 11.7. The number of pyridine rings is 1. The lowest BCUT2D eigenvalue weighted by Gasteiger charge is -2.04. The minimum Gasteiger partial charge on any atom is -0.462 e. The molecular weight excluding hydrogens is 335 g/mol. The first-order chi connectivity index (χ1) is 10.8. The average Bonchev–Trinajstić information content (AvgIpc) is 2.92. The third-order valence-electron chi connectivity index (χ3n) is 2.52. The summed E-state index contributed by atoms with van der Waals surface area (Å²) in [5.41, 5.74) is -1.19. The number of amides is 1. The monoisotopic (exact) mass is 345 g/mol. The van der Waals surface area contributed by atoms with Gasteiger partial charge in [-0.2, -0.15) is 13.2 Å². The number of carbonyl (C=O) groups is 2. The molecule has 2 rings (SSSR count). The van der Waals surface area contributed by atoms with E-state index in [4.69, 9.17) is 0 Å². The first kappa shape index (κ1) is 16.9. The van der Waals surface area contributed by atoms with Crippen LogP contribution < -0.4 is 5.32 Å². The fraction of sp³-hybridized carbons (Fsp3) is 0.231. The van der Waals surface area contributed by atoms with Gasteiger partial charge in [0.05, 0.1) is 6.61 Å². The summed E-state index contributed by atoms with van der Waals surface area (Å²) in [6, 6.07) is 2.78. The lowest BCUT2D eigenvalue weighted by molar-refractivity contribution is -0.141. The first-order valence-electron chi connectivity index (χ1n) is 6.29. The molecule has 0 aliphatic carbocycles. The molecule has 0 bridgehead atoms. The SMILES string of the molecule is CCOC(=O)c1sc(NC(=O)c2ccncc2)nc1C(F)(F)F. The number of hydrogen-bond donors (Lipinski definition) is 1. The van der Waals surface area contributed by atoms with E-state index in [0.717, 1.165) is 0 Å². The summed E-state index contributed by atoms with van der Waals surface area (Å²) in [6.07, 6.45) is -2.11. The van der Waals surface area contributed by atoms with E-state index >= 15 is 0 Å². The summed E-state index contributed by atoms with van der Waals surface area (Å²) in [4.78, 5) is 29.8. The van der Waals surface area contributed by atoms with Gasteiger partial charge in [0.2, 0.25) is 0 Å². The van der Waals surface area contributed by atoms with Gasteiger partial charge >= 0.3 is 12.1 Å². The number of ether oxygens (including phenoxy) is 1. The number of nitrogens with zero attached hydrogens (tertiary/aromatic N) is 2. The summed E-state index contributed by atoms with van der Waals surface area (Å²) >= 11 is 0.404. The van der Waals surface area contributed by atoms with Gasteiger partial charge in [0.25, 0.3) is 5.91 Å². The van der Waals surface area contributed by atoms with Gasteiger partial charge in [-0.15, -0.1) is 0 Å². The summed E-state index contributed by atoms with van der Waals surface area (Å²) in [6.45, 7) is 1.39. The second-order valence-electron chi connectivity index (χ2n) is 4.10. The van der Waals surface area contributed by atoms with E-state index in [0.29, 0.717) is 11.3 Å². The first-order valence-corrected chi connectivity index (χ1v) is 7.11. The van der Waals surface area contributed by atoms with Gasteiger partial charge in [-0.05, 0) is 19.1 Å². The van der Waals surface area contributed by atoms with E-state index in [1.54, 1.807) is 0 Å². The predicted octanol–water partition coefficient (Wildman–Crippen LogP) is 2.99. The average molecular weight is 345 g/mol. The number of rotatable bonds is 4. The number of halogens is 3. The Morgan fingerprint density at radius 2 is 1.96 bits per heavy atom. The van der Waals surface area contributed by atoms with Gasteiger partial charge in [0, 0.05) is 18.0 Å². The maximum absolute atomic E-state index is 12.9. The van der Waals surface area contributed by atoms with Crippen LogP contribution in [0.3, 0.4) is 0 Å². The van der Waals surface area contributed by atoms with Crippen molar-refractivity contribution in [1.82, 2.24) is 9.97 Å². The van der Waals surface area contributed by atoms with E-state index in [1.807, 2.05) is 0 Å². The Balaban J connectivity index is 2.30. The van der Waals surface area contributed by atoms with Gasteiger partial charge < -0.3 is 4.74 Å². The highest BCUT2D eigenvalue weighted by molar-refractivity contribution is 7.17. The number of hydrogen-bond acceptors (Lipinski definition) is 6. The Kier molecular flexibility index (Phi) is 4.94. The summed E-state index contributed by atoms with van der Waals surface area (Å²) in [5, 5.41) is 1.88. The second-order valence-corrected chi connectivity index (χ2v) is 5.10. The fourth-order valence-corrected chi connectivity index (χ4v) is 2.45. The van der Waals surface area contributed by atoms with Crippen LogP contribution in [0, 0.1) is 0 Å². The lowest BCUT2D eigenvalue weighted by Crippen LogP contribution is -2.14. The zero-order valence-corrected chi connectivity index (χ0v) is 12.5. The Bertz CT molecular complexity index is 716. The standard InChI is InChI=1S/C13H10F3N3O3S/c1-2-22-11(21)8-9(13(14,15)16)18-12(23-8)19-10(20)7-3-5-17-6-4-7/h3-6H,2H2,1H3,(H,18,19,20). The Morgan fingerprint density at radius 1 is 1.30 bits per heavy atom. The highest BCUT2D eigenvalue weighted by Gasteiger charge is 2.40. The molecule has 0 fully saturated rings. The van der Waals surface area contributed by atoms with Crippen molar-refractivity contribution in [2.24, 2.45) is 0 Å². The number of anilines is 1. The minimum atomic E-state index is -4.84. The second kappa shape index (κ2) is 6.73. The predicted molar refractivity (Wildman–Crippen MR) is 75.3 cm³/mol. The largest absolute Gasteiger partial charge is 0.462 e. The molecule has 0 saturated carbocycles. The third-order valence-corrected chi connectivity index (χ3v) is 3.47. The molecule has 6 nitrogen and oxygen atoms in total. The topological polar surface area (TPSA) is 81.2 Å². The van der Waals surface area contributed by atoms with Crippen molar-refractivity contribution in [3.05, 3.63) is 40.7 Å². The van der Waals surface area contributed by atoms with E-state index in [2.05, 4.69) is 20.0 Å². The lowest BCUT2D eigenvalue weighted by atomic mass is 10.2. The summed E-state index contributed by atoms with van der Waals surface area (Å²) < 4.78 is 43.4. The van der Waals surface area contributed by atoms with Crippen LogP contribution >= 0.6 is 11.3 Å². The van der Waals surface area contributed by atoms with Crippen molar-refractivity contribution in [2.75, 3.05) is 11.9 Å². The Morgan fingerprint density at radius 3 is 2.52 bits per heavy atom. The van der Waals surface area contributed by atoms with Crippen LogP contribution in [0.25, 0.3) is 0 Å². The minimum absolute atomic E-state index is 0.0766. The van der Waals surface area contributed by atoms with Crippen LogP contribution in [0.1, 0.15) is 32.6 Å². The van der Waals surface area contributed by atoms with Crippen molar-refractivity contribution >= 4 is 28.3 Å². The molecule has 0 aliphatic heterocycles. The van der Waals surface area contributed by atoms with Gasteiger partial charge in [-0.25, -0.2) is 9.78 Å². The van der Waals surface area contributed by atoms with Crippen LogP contribution in [0.2, 0.25) is 0 Å². The number of alkyl halides is 3. The zero-order chi connectivity index (χ0) is 17.0. The summed E-state index contributed by atoms with van der Waals surface area (Å²) in [7, 11) is 0. The molecule has 0 atom stereocenters. The number of thiazole rings is 1. The molecule has 0 aliphatic rings. The van der Waals surface area contributed by atoms with Crippen LogP contribution in [-0.2, 0) is 10.9 Å². The van der Waals surface area contributed by atoms with Crippen molar-refractivity contribution in [1.29, 1.82) is 0 Å². The number of aromatic nitrogens is 2. The van der Waals surface area contributed by atoms with E-state index in [-0.39, 0.29) is 17.3 Å². The van der Waals surface area contributed by atoms with E-state index in [9.17, 15) is 22.8 Å². The molecule has 0 radical (unpaired) electrons. The molecule has 10 heteroatoms. The molecule has 0 saturated heterocycles. The molecule has 2 aromatic heterocycles. The third kappa shape index (κ3) is 4.03. The molecule has 0 aromatic carbocycles. The van der Waals surface area contributed by atoms with Crippen molar-refractivity contribution in [2.45, 2.75) is 13.1 Å². The molecule has 122 valence electrons. The number of esters is 1. The van der Waals surface area contributed by atoms with E-state index < -0.39 is 28.6 Å². The van der Waals surface area contributed by atoms with Crippen molar-refractivity contribution in [3.63, 3.8) is 0 Å². The fourth-order valence-electron chi connectivity index (χ4n) is 1.57. The van der Waals surface area contributed by atoms with Gasteiger partial charge in [0.1, 0.15) is 4.88 Å². The van der Waals surface area contributed by atoms with Gasteiger partial charge in [-0.1, -0.05) is 11.3 Å². The van der Waals surface area contributed by atoms with Crippen LogP contribution in [0.4, 0.5) is 18.3 Å². The maximum atomic E-state index is 12.9. The summed E-state index contributed by atoms with van der Waals surface area (Å²) in [5.74, 6) is -1.80. The van der Waals surface area contributed by atoms with Crippen LogP contribution in [0.15, 0.2) is 24.5 Å². The number of carbonyl (C=O) groups excluding carboxylic acids is 2. The quantitative estimate of drug-likeness (QED) is 0.862. The molecule has 0 unspecified atom stereocenters. The van der Waals surface area contributed by atoms with Crippen LogP contribution in [-0.4, -0.2) is 28.5 Å². The highest BCUT2D eigenvalue weighted by atomic mass is 32.1. The Labute approximate surface area is 132 Å². The molecule has 23 heavy (non-hydrogen) atoms. The molecule has 0 spiro atoms. The maximum Gasteiger partial charge on any atom is 0.435 e. The highest BCUT2D eigenvalue weighted by Crippen LogP contribution is 2.36. The smallest absolute Gasteiger partial charge is 0.435 e. The van der Waals surface area contributed by atoms with Crippen molar-refractivity contribution in [3.8, 4) is 0 Å². The molecular formula is C13H10F3N3O3S. The van der Waals surface area contributed by atoms with Crippen LogP contribution in [0.5, 0.6) is 0 Å². The van der Waals surface area contributed by atoms with Crippen molar-refractivity contribution < 1.29 is 27.5 Å². The van der Waals surface area contributed by atoms with E-state index in [1.165, 1.54) is 31.5 Å². The van der Waals surface area contributed by atoms with Gasteiger partial charge in [0.15, 0.2) is 10.8 Å².